The highest BCUT2D eigenvalue weighted by molar-refractivity contribution is 7.85. The summed E-state index contributed by atoms with van der Waals surface area (Å²) in [6.45, 7) is 8.77. The van der Waals surface area contributed by atoms with Crippen LogP contribution in [0.15, 0.2) is 64.5 Å². The van der Waals surface area contributed by atoms with Crippen molar-refractivity contribution in [2.24, 2.45) is 4.99 Å². The summed E-state index contributed by atoms with van der Waals surface area (Å²) in [6.07, 6.45) is 2.05. The van der Waals surface area contributed by atoms with Crippen LogP contribution in [0.4, 0.5) is 5.69 Å². The van der Waals surface area contributed by atoms with E-state index in [1.54, 1.807) is 12.1 Å². The average Bonchev–Trinajstić information content (AvgIpc) is 2.59. The van der Waals surface area contributed by atoms with Crippen molar-refractivity contribution in [2.45, 2.75) is 32.6 Å². The molecule has 0 aromatic heterocycles. The molecule has 2 aromatic rings. The summed E-state index contributed by atoms with van der Waals surface area (Å²) in [4.78, 5) is 6.55. The second kappa shape index (κ2) is 8.29. The maximum Gasteiger partial charge on any atom is 0.294 e. The van der Waals surface area contributed by atoms with Crippen molar-refractivity contribution in [1.29, 1.82) is 0 Å². The Morgan fingerprint density at radius 3 is 2.35 bits per heavy atom. The van der Waals surface area contributed by atoms with Gasteiger partial charge in [0, 0.05) is 12.2 Å². The van der Waals surface area contributed by atoms with Crippen molar-refractivity contribution < 1.29 is 13.0 Å². The van der Waals surface area contributed by atoms with E-state index < -0.39 is 10.1 Å². The molecule has 0 saturated carbocycles. The van der Waals surface area contributed by atoms with E-state index in [0.717, 1.165) is 23.6 Å². The number of amidine groups is 1. The summed E-state index contributed by atoms with van der Waals surface area (Å²) >= 11 is 0. The number of aliphatic imine (C=N–C) groups is 1. The highest BCUT2D eigenvalue weighted by atomic mass is 32.2. The lowest BCUT2D eigenvalue weighted by Crippen LogP contribution is -2.27. The summed E-state index contributed by atoms with van der Waals surface area (Å²) in [5, 5.41) is 0. The quantitative estimate of drug-likeness (QED) is 0.470. The second-order valence-corrected chi connectivity index (χ2v) is 7.34. The van der Waals surface area contributed by atoms with Gasteiger partial charge in [-0.05, 0) is 63.6 Å². The summed E-state index contributed by atoms with van der Waals surface area (Å²) in [5.41, 5.74) is 3.99. The molecule has 0 aliphatic rings. The Morgan fingerprint density at radius 1 is 1.19 bits per heavy atom. The van der Waals surface area contributed by atoms with Crippen LogP contribution in [0.2, 0.25) is 0 Å². The van der Waals surface area contributed by atoms with E-state index in [4.69, 9.17) is 4.55 Å². The fourth-order valence-electron chi connectivity index (χ4n) is 2.80. The molecule has 0 fully saturated rings. The summed E-state index contributed by atoms with van der Waals surface area (Å²) in [7, 11) is -4.19. The minimum absolute atomic E-state index is 0.143. The number of aryl methyl sites for hydroxylation is 1. The van der Waals surface area contributed by atoms with E-state index in [1.807, 2.05) is 19.9 Å². The highest BCUT2D eigenvalue weighted by Crippen LogP contribution is 2.23. The van der Waals surface area contributed by atoms with Gasteiger partial charge in [0.05, 0.1) is 10.6 Å². The summed E-state index contributed by atoms with van der Waals surface area (Å²) in [5.74, 6) is 0.793. The summed E-state index contributed by atoms with van der Waals surface area (Å²) in [6, 6.07) is 14.1. The first kappa shape index (κ1) is 19.9. The van der Waals surface area contributed by atoms with Crippen molar-refractivity contribution >= 4 is 27.3 Å². The van der Waals surface area contributed by atoms with Crippen molar-refractivity contribution in [3.05, 3.63) is 65.7 Å². The molecule has 138 valence electrons. The lowest BCUT2D eigenvalue weighted by Gasteiger charge is -2.26. The van der Waals surface area contributed by atoms with Crippen LogP contribution in [0.25, 0.3) is 5.70 Å². The van der Waals surface area contributed by atoms with Crippen LogP contribution in [0.5, 0.6) is 0 Å². The van der Waals surface area contributed by atoms with E-state index in [9.17, 15) is 8.42 Å². The molecule has 5 nitrogen and oxygen atoms in total. The molecule has 2 rings (SSSR count). The fraction of sp³-hybridized carbons (Fsp3) is 0.250. The minimum atomic E-state index is -4.19. The molecule has 0 atom stereocenters. The Balaban J connectivity index is 2.35. The lowest BCUT2D eigenvalue weighted by atomic mass is 10.1. The van der Waals surface area contributed by atoms with Gasteiger partial charge in [-0.15, -0.1) is 0 Å². The van der Waals surface area contributed by atoms with Crippen LogP contribution in [0, 0.1) is 6.92 Å². The lowest BCUT2D eigenvalue weighted by molar-refractivity contribution is 0.483. The van der Waals surface area contributed by atoms with Crippen molar-refractivity contribution in [1.82, 2.24) is 4.90 Å². The highest BCUT2D eigenvalue weighted by Gasteiger charge is 2.13. The van der Waals surface area contributed by atoms with Gasteiger partial charge in [-0.1, -0.05) is 29.8 Å². The van der Waals surface area contributed by atoms with Crippen LogP contribution in [0.3, 0.4) is 0 Å². The van der Waals surface area contributed by atoms with E-state index in [0.29, 0.717) is 5.69 Å². The van der Waals surface area contributed by atoms with Gasteiger partial charge >= 0.3 is 0 Å². The molecule has 0 heterocycles. The molecular weight excluding hydrogens is 348 g/mol. The smallest absolute Gasteiger partial charge is 0.294 e. The molecule has 26 heavy (non-hydrogen) atoms. The zero-order chi connectivity index (χ0) is 19.3. The normalized spacial score (nSPS) is 13.0. The van der Waals surface area contributed by atoms with Gasteiger partial charge in [0.15, 0.2) is 0 Å². The molecule has 2 aromatic carbocycles. The number of hydrogen-bond acceptors (Lipinski definition) is 3. The first-order valence-corrected chi connectivity index (χ1v) is 9.84. The van der Waals surface area contributed by atoms with Crippen LogP contribution in [-0.2, 0) is 10.1 Å². The van der Waals surface area contributed by atoms with Crippen LogP contribution in [0.1, 0.15) is 31.9 Å². The van der Waals surface area contributed by atoms with Crippen molar-refractivity contribution in [3.8, 4) is 0 Å². The molecule has 1 N–H and O–H groups in total. The van der Waals surface area contributed by atoms with Crippen LogP contribution >= 0.6 is 0 Å². The molecule has 0 unspecified atom stereocenters. The molecule has 0 amide bonds. The Hall–Kier alpha value is -2.44. The third-order valence-corrected chi connectivity index (χ3v) is 4.88. The van der Waals surface area contributed by atoms with Gasteiger partial charge in [0.25, 0.3) is 10.1 Å². The standard InChI is InChI=1S/C20H24N2O3S/c1-5-20(17-9-7-8-15(3)14-17)22(6-2)16(4)21-18-10-12-19(13-11-18)26(23,24)25/h5,7-14H,6H2,1-4H3,(H,23,24,25)/b20-5-,21-16?. The fourth-order valence-corrected chi connectivity index (χ4v) is 3.28. The van der Waals surface area contributed by atoms with Gasteiger partial charge in [-0.2, -0.15) is 8.42 Å². The average molecular weight is 372 g/mol. The predicted molar refractivity (Wildman–Crippen MR) is 106 cm³/mol. The van der Waals surface area contributed by atoms with Gasteiger partial charge < -0.3 is 4.90 Å². The van der Waals surface area contributed by atoms with Gasteiger partial charge in [-0.25, -0.2) is 4.99 Å². The molecule has 6 heteroatoms. The number of benzene rings is 2. The first-order valence-electron chi connectivity index (χ1n) is 8.40. The van der Waals surface area contributed by atoms with Crippen molar-refractivity contribution in [3.63, 3.8) is 0 Å². The zero-order valence-corrected chi connectivity index (χ0v) is 16.3. The summed E-state index contributed by atoms with van der Waals surface area (Å²) < 4.78 is 31.3. The van der Waals surface area contributed by atoms with Gasteiger partial charge in [-0.3, -0.25) is 4.55 Å². The molecule has 0 aliphatic heterocycles. The van der Waals surface area contributed by atoms with Gasteiger partial charge in [0.2, 0.25) is 0 Å². The Labute approximate surface area is 155 Å². The topological polar surface area (TPSA) is 70.0 Å². The molecule has 0 bridgehead atoms. The predicted octanol–water partition coefficient (Wildman–Crippen LogP) is 4.67. The molecule has 0 aliphatic carbocycles. The van der Waals surface area contributed by atoms with E-state index in [2.05, 4.69) is 48.0 Å². The minimum Gasteiger partial charge on any atom is -0.330 e. The number of rotatable bonds is 5. The number of nitrogens with zero attached hydrogens (tertiary/aromatic N) is 2. The largest absolute Gasteiger partial charge is 0.330 e. The van der Waals surface area contributed by atoms with E-state index >= 15 is 0 Å². The number of allylic oxidation sites excluding steroid dienone is 1. The third kappa shape index (κ3) is 4.80. The van der Waals surface area contributed by atoms with Crippen LogP contribution in [-0.4, -0.2) is 30.3 Å². The zero-order valence-electron chi connectivity index (χ0n) is 15.5. The van der Waals surface area contributed by atoms with Crippen LogP contribution < -0.4 is 0 Å². The van der Waals surface area contributed by atoms with E-state index in [-0.39, 0.29) is 4.90 Å². The molecule has 0 spiro atoms. The monoisotopic (exact) mass is 372 g/mol. The Bertz CT molecular complexity index is 930. The van der Waals surface area contributed by atoms with E-state index in [1.165, 1.54) is 17.7 Å². The number of hydrogen-bond donors (Lipinski definition) is 1. The van der Waals surface area contributed by atoms with Gasteiger partial charge in [0.1, 0.15) is 5.84 Å². The SMILES string of the molecule is C/C=C(/c1cccc(C)c1)N(CC)C(C)=Nc1ccc(S(=O)(=O)O)cc1. The first-order chi connectivity index (χ1) is 12.3. The molecule has 0 saturated heterocycles. The molecule has 0 radical (unpaired) electrons. The maximum atomic E-state index is 11.1. The molecular formula is C20H24N2O3S. The maximum absolute atomic E-state index is 11.1. The third-order valence-electron chi connectivity index (χ3n) is 4.01. The Morgan fingerprint density at radius 2 is 1.85 bits per heavy atom. The Kier molecular flexibility index (Phi) is 6.34. The second-order valence-electron chi connectivity index (χ2n) is 5.92. The van der Waals surface area contributed by atoms with Crippen molar-refractivity contribution in [2.75, 3.05) is 6.54 Å².